The van der Waals surface area contributed by atoms with Crippen molar-refractivity contribution in [3.8, 4) is 5.75 Å². The van der Waals surface area contributed by atoms with E-state index in [-0.39, 0.29) is 18.2 Å². The van der Waals surface area contributed by atoms with Crippen molar-refractivity contribution in [3.05, 3.63) is 120 Å². The molecule has 0 aliphatic carbocycles. The zero-order valence-electron chi connectivity index (χ0n) is 16.1. The Kier molecular flexibility index (Phi) is 5.71. The van der Waals surface area contributed by atoms with Crippen LogP contribution < -0.4 is 10.1 Å². The average molecular weight is 397 g/mol. The van der Waals surface area contributed by atoms with Gasteiger partial charge in [-0.05, 0) is 36.4 Å². The summed E-state index contributed by atoms with van der Waals surface area (Å²) >= 11 is 0. The van der Waals surface area contributed by atoms with Crippen LogP contribution >= 0.6 is 0 Å². The van der Waals surface area contributed by atoms with Crippen molar-refractivity contribution in [1.82, 2.24) is 0 Å². The molecule has 148 valence electrons. The average Bonchev–Trinajstić information content (AvgIpc) is 3.28. The number of para-hydroxylation sites is 2. The van der Waals surface area contributed by atoms with Crippen LogP contribution in [0, 0.1) is 0 Å². The summed E-state index contributed by atoms with van der Waals surface area (Å²) in [5.74, 6) is 0.784. The van der Waals surface area contributed by atoms with Crippen molar-refractivity contribution >= 4 is 17.4 Å². The Labute approximate surface area is 173 Å². The van der Waals surface area contributed by atoms with Gasteiger partial charge in [0.1, 0.15) is 18.1 Å². The van der Waals surface area contributed by atoms with Crippen molar-refractivity contribution in [2.75, 3.05) is 5.32 Å². The molecule has 5 nitrogen and oxygen atoms in total. The molecule has 4 aromatic rings. The van der Waals surface area contributed by atoms with Crippen molar-refractivity contribution in [2.45, 2.75) is 6.61 Å². The SMILES string of the molecule is O=C(Nc1ccccc1C(=O)c1ccccc1)c1ccc(COc2ccccc2)o1. The van der Waals surface area contributed by atoms with E-state index in [1.54, 1.807) is 60.7 Å². The molecule has 1 heterocycles. The van der Waals surface area contributed by atoms with Crippen LogP contribution in [0.25, 0.3) is 0 Å². The quantitative estimate of drug-likeness (QED) is 0.427. The fourth-order valence-corrected chi connectivity index (χ4v) is 2.97. The standard InChI is InChI=1S/C25H19NO4/c27-24(18-9-3-1-4-10-18)21-13-7-8-14-22(21)26-25(28)23-16-15-20(30-23)17-29-19-11-5-2-6-12-19/h1-16H,17H2,(H,26,28). The first-order chi connectivity index (χ1) is 14.7. The molecule has 0 aliphatic rings. The molecule has 0 atom stereocenters. The minimum Gasteiger partial charge on any atom is -0.486 e. The van der Waals surface area contributed by atoms with E-state index >= 15 is 0 Å². The summed E-state index contributed by atoms with van der Waals surface area (Å²) in [6.07, 6.45) is 0. The third kappa shape index (κ3) is 4.47. The summed E-state index contributed by atoms with van der Waals surface area (Å²) in [7, 11) is 0. The Morgan fingerprint density at radius 3 is 2.20 bits per heavy atom. The monoisotopic (exact) mass is 397 g/mol. The summed E-state index contributed by atoms with van der Waals surface area (Å²) in [6, 6.07) is 28.5. The van der Waals surface area contributed by atoms with Gasteiger partial charge in [0.2, 0.25) is 0 Å². The largest absolute Gasteiger partial charge is 0.486 e. The van der Waals surface area contributed by atoms with E-state index in [9.17, 15) is 9.59 Å². The van der Waals surface area contributed by atoms with Gasteiger partial charge in [0.15, 0.2) is 11.5 Å². The van der Waals surface area contributed by atoms with E-state index in [0.29, 0.717) is 28.3 Å². The number of carbonyl (C=O) groups is 2. The molecule has 0 radical (unpaired) electrons. The molecule has 0 saturated carbocycles. The van der Waals surface area contributed by atoms with Gasteiger partial charge >= 0.3 is 0 Å². The highest BCUT2D eigenvalue weighted by Crippen LogP contribution is 2.21. The summed E-state index contributed by atoms with van der Waals surface area (Å²) in [5, 5.41) is 2.77. The number of ether oxygens (including phenoxy) is 1. The maximum Gasteiger partial charge on any atom is 0.291 e. The van der Waals surface area contributed by atoms with Gasteiger partial charge in [-0.25, -0.2) is 0 Å². The molecule has 1 amide bonds. The molecular formula is C25H19NO4. The molecule has 0 spiro atoms. The van der Waals surface area contributed by atoms with Crippen molar-refractivity contribution in [1.29, 1.82) is 0 Å². The van der Waals surface area contributed by atoms with E-state index in [1.165, 1.54) is 0 Å². The number of hydrogen-bond donors (Lipinski definition) is 1. The maximum absolute atomic E-state index is 12.8. The lowest BCUT2D eigenvalue weighted by molar-refractivity contribution is 0.0992. The van der Waals surface area contributed by atoms with Gasteiger partial charge in [-0.15, -0.1) is 0 Å². The van der Waals surface area contributed by atoms with Crippen LogP contribution in [0.2, 0.25) is 0 Å². The molecule has 1 aromatic heterocycles. The lowest BCUT2D eigenvalue weighted by Crippen LogP contribution is -2.14. The number of carbonyl (C=O) groups excluding carboxylic acids is 2. The number of rotatable bonds is 7. The normalized spacial score (nSPS) is 10.4. The van der Waals surface area contributed by atoms with Crippen LogP contribution in [0.15, 0.2) is 101 Å². The summed E-state index contributed by atoms with van der Waals surface area (Å²) < 4.78 is 11.2. The number of furan rings is 1. The summed E-state index contributed by atoms with van der Waals surface area (Å²) in [5.41, 5.74) is 1.39. The van der Waals surface area contributed by atoms with E-state index in [0.717, 1.165) is 0 Å². The molecule has 4 rings (SSSR count). The fraction of sp³-hybridized carbons (Fsp3) is 0.0400. The highest BCUT2D eigenvalue weighted by Gasteiger charge is 2.17. The van der Waals surface area contributed by atoms with Gasteiger partial charge in [-0.3, -0.25) is 9.59 Å². The van der Waals surface area contributed by atoms with Gasteiger partial charge in [0, 0.05) is 11.1 Å². The van der Waals surface area contributed by atoms with Crippen molar-refractivity contribution in [2.24, 2.45) is 0 Å². The predicted molar refractivity (Wildman–Crippen MR) is 114 cm³/mol. The topological polar surface area (TPSA) is 68.5 Å². The number of ketones is 1. The number of hydrogen-bond acceptors (Lipinski definition) is 4. The van der Waals surface area contributed by atoms with Crippen LogP contribution in [0.4, 0.5) is 5.69 Å². The van der Waals surface area contributed by atoms with Crippen molar-refractivity contribution in [3.63, 3.8) is 0 Å². The molecular weight excluding hydrogens is 378 g/mol. The first kappa shape index (κ1) is 19.2. The maximum atomic E-state index is 12.8. The van der Waals surface area contributed by atoms with E-state index < -0.39 is 5.91 Å². The van der Waals surface area contributed by atoms with Crippen LogP contribution in [0.3, 0.4) is 0 Å². The number of amides is 1. The van der Waals surface area contributed by atoms with E-state index in [4.69, 9.17) is 9.15 Å². The number of anilines is 1. The first-order valence-corrected chi connectivity index (χ1v) is 9.47. The second-order valence-corrected chi connectivity index (χ2v) is 6.56. The third-order valence-corrected chi connectivity index (χ3v) is 4.47. The Morgan fingerprint density at radius 1 is 0.767 bits per heavy atom. The van der Waals surface area contributed by atoms with Gasteiger partial charge < -0.3 is 14.5 Å². The fourth-order valence-electron chi connectivity index (χ4n) is 2.97. The molecule has 0 unspecified atom stereocenters. The number of nitrogens with one attached hydrogen (secondary N) is 1. The molecule has 0 bridgehead atoms. The Morgan fingerprint density at radius 2 is 1.43 bits per heavy atom. The second-order valence-electron chi connectivity index (χ2n) is 6.56. The van der Waals surface area contributed by atoms with Gasteiger partial charge in [-0.1, -0.05) is 60.7 Å². The van der Waals surface area contributed by atoms with Crippen LogP contribution in [0.5, 0.6) is 5.75 Å². The third-order valence-electron chi connectivity index (χ3n) is 4.47. The molecule has 30 heavy (non-hydrogen) atoms. The van der Waals surface area contributed by atoms with Gasteiger partial charge in [0.05, 0.1) is 5.69 Å². The Bertz CT molecular complexity index is 1150. The van der Waals surface area contributed by atoms with E-state index in [1.807, 2.05) is 36.4 Å². The van der Waals surface area contributed by atoms with Crippen LogP contribution in [-0.4, -0.2) is 11.7 Å². The summed E-state index contributed by atoms with van der Waals surface area (Å²) in [6.45, 7) is 0.209. The minimum absolute atomic E-state index is 0.142. The second kappa shape index (κ2) is 8.92. The molecule has 5 heteroatoms. The Hall–Kier alpha value is -4.12. The highest BCUT2D eigenvalue weighted by molar-refractivity contribution is 6.15. The lowest BCUT2D eigenvalue weighted by Gasteiger charge is -2.09. The number of benzene rings is 3. The zero-order valence-corrected chi connectivity index (χ0v) is 16.1. The zero-order chi connectivity index (χ0) is 20.8. The predicted octanol–water partition coefficient (Wildman–Crippen LogP) is 5.34. The minimum atomic E-state index is -0.436. The van der Waals surface area contributed by atoms with Crippen LogP contribution in [-0.2, 0) is 6.61 Å². The highest BCUT2D eigenvalue weighted by atomic mass is 16.5. The van der Waals surface area contributed by atoms with Gasteiger partial charge in [-0.2, -0.15) is 0 Å². The first-order valence-electron chi connectivity index (χ1n) is 9.47. The molecule has 3 aromatic carbocycles. The molecule has 0 aliphatic heterocycles. The molecule has 0 fully saturated rings. The van der Waals surface area contributed by atoms with Crippen LogP contribution in [0.1, 0.15) is 32.2 Å². The molecule has 0 saturated heterocycles. The Balaban J connectivity index is 1.46. The molecule has 1 N–H and O–H groups in total. The lowest BCUT2D eigenvalue weighted by atomic mass is 10.0. The van der Waals surface area contributed by atoms with E-state index in [2.05, 4.69) is 5.32 Å². The van der Waals surface area contributed by atoms with Crippen molar-refractivity contribution < 1.29 is 18.7 Å². The van der Waals surface area contributed by atoms with Gasteiger partial charge in [0.25, 0.3) is 5.91 Å². The smallest absolute Gasteiger partial charge is 0.291 e. The summed E-state index contributed by atoms with van der Waals surface area (Å²) in [4.78, 5) is 25.5.